The molecule has 1 aromatic carbocycles. The number of rotatable bonds is 9. The average molecular weight is 424 g/mol. The predicted octanol–water partition coefficient (Wildman–Crippen LogP) is 3.98. The van der Waals surface area contributed by atoms with E-state index in [0.29, 0.717) is 6.07 Å². The first kappa shape index (κ1) is 22.1. The summed E-state index contributed by atoms with van der Waals surface area (Å²) in [5, 5.41) is 10.7. The van der Waals surface area contributed by atoms with E-state index >= 15 is 0 Å². The van der Waals surface area contributed by atoms with E-state index in [-0.39, 0.29) is 24.8 Å². The van der Waals surface area contributed by atoms with Crippen LogP contribution in [0.15, 0.2) is 18.2 Å². The van der Waals surface area contributed by atoms with Crippen molar-refractivity contribution in [3.8, 4) is 0 Å². The second-order valence-corrected chi connectivity index (χ2v) is 7.47. The normalized spacial score (nSPS) is 14.5. The van der Waals surface area contributed by atoms with Crippen molar-refractivity contribution in [3.63, 3.8) is 0 Å². The standard InChI is InChI=1S/C12H15Cl2F3N3O4P/c13-3-5-19(6-4-14)25(18,23)24-8-9-1-2-10(20(21)22)7-11(9)12(15,16)17/h1-2,7H,3-6,8H2,(H2,18,23). The molecule has 1 unspecified atom stereocenters. The summed E-state index contributed by atoms with van der Waals surface area (Å²) in [6.45, 7) is -0.620. The Kier molecular flexibility index (Phi) is 8.11. The molecule has 0 saturated carbocycles. The summed E-state index contributed by atoms with van der Waals surface area (Å²) < 4.78 is 57.8. The molecule has 7 nitrogen and oxygen atoms in total. The molecule has 142 valence electrons. The molecule has 0 spiro atoms. The summed E-state index contributed by atoms with van der Waals surface area (Å²) >= 11 is 11.1. The Morgan fingerprint density at radius 1 is 1.28 bits per heavy atom. The third-order valence-corrected chi connectivity index (χ3v) is 5.12. The molecule has 0 bridgehead atoms. The number of nitro groups is 1. The largest absolute Gasteiger partial charge is 0.417 e. The number of halogens is 5. The van der Waals surface area contributed by atoms with Crippen LogP contribution in [-0.2, 0) is 21.9 Å². The Bertz CT molecular complexity index is 657. The van der Waals surface area contributed by atoms with Crippen LogP contribution in [0.2, 0.25) is 0 Å². The molecule has 1 aromatic rings. The highest BCUT2D eigenvalue weighted by molar-refractivity contribution is 7.53. The van der Waals surface area contributed by atoms with Crippen LogP contribution >= 0.6 is 30.9 Å². The summed E-state index contributed by atoms with van der Waals surface area (Å²) in [5.74, 6) is 0.125. The summed E-state index contributed by atoms with van der Waals surface area (Å²) in [6, 6.07) is 2.16. The highest BCUT2D eigenvalue weighted by atomic mass is 35.5. The lowest BCUT2D eigenvalue weighted by molar-refractivity contribution is -0.385. The van der Waals surface area contributed by atoms with E-state index in [1.165, 1.54) is 0 Å². The van der Waals surface area contributed by atoms with Gasteiger partial charge in [0, 0.05) is 37.0 Å². The van der Waals surface area contributed by atoms with Gasteiger partial charge in [0.15, 0.2) is 0 Å². The Morgan fingerprint density at radius 3 is 2.28 bits per heavy atom. The second-order valence-electron chi connectivity index (χ2n) is 4.77. The highest BCUT2D eigenvalue weighted by Gasteiger charge is 2.36. The maximum atomic E-state index is 13.1. The van der Waals surface area contributed by atoms with Gasteiger partial charge in [-0.2, -0.15) is 13.2 Å². The van der Waals surface area contributed by atoms with E-state index < -0.39 is 42.2 Å². The number of nitrogens with two attached hydrogens (primary N) is 1. The lowest BCUT2D eigenvalue weighted by Crippen LogP contribution is -2.29. The monoisotopic (exact) mass is 423 g/mol. The zero-order valence-electron chi connectivity index (χ0n) is 12.7. The third-order valence-electron chi connectivity index (χ3n) is 3.09. The summed E-state index contributed by atoms with van der Waals surface area (Å²) in [5.41, 5.74) is 3.16. The van der Waals surface area contributed by atoms with Gasteiger partial charge in [-0.25, -0.2) is 10.2 Å². The Labute approximate surface area is 151 Å². The van der Waals surface area contributed by atoms with Gasteiger partial charge in [0.1, 0.15) is 0 Å². The van der Waals surface area contributed by atoms with Crippen LogP contribution in [0.4, 0.5) is 18.9 Å². The van der Waals surface area contributed by atoms with E-state index in [2.05, 4.69) is 0 Å². The molecule has 1 rings (SSSR count). The molecule has 0 aliphatic heterocycles. The van der Waals surface area contributed by atoms with Gasteiger partial charge in [0.25, 0.3) is 5.69 Å². The van der Waals surface area contributed by atoms with Gasteiger partial charge in [0.05, 0.1) is 17.1 Å². The average Bonchev–Trinajstić information content (AvgIpc) is 2.51. The molecule has 0 amide bonds. The van der Waals surface area contributed by atoms with Gasteiger partial charge >= 0.3 is 13.8 Å². The SMILES string of the molecule is NP(=O)(OCc1ccc([N+](=O)[O-])cc1C(F)(F)F)N(CCCl)CCCl. The minimum absolute atomic E-state index is 0.0623. The second kappa shape index (κ2) is 9.16. The van der Waals surface area contributed by atoms with E-state index in [1.807, 2.05) is 0 Å². The van der Waals surface area contributed by atoms with Crippen molar-refractivity contribution in [3.05, 3.63) is 39.4 Å². The van der Waals surface area contributed by atoms with Gasteiger partial charge in [-0.15, -0.1) is 23.2 Å². The van der Waals surface area contributed by atoms with Crippen molar-refractivity contribution in [1.82, 2.24) is 4.67 Å². The lowest BCUT2D eigenvalue weighted by atomic mass is 10.1. The molecule has 13 heteroatoms. The van der Waals surface area contributed by atoms with Crippen molar-refractivity contribution in [2.45, 2.75) is 12.8 Å². The van der Waals surface area contributed by atoms with Gasteiger partial charge in [-0.1, -0.05) is 0 Å². The molecular weight excluding hydrogens is 409 g/mol. The zero-order valence-corrected chi connectivity index (χ0v) is 15.1. The van der Waals surface area contributed by atoms with Crippen LogP contribution in [-0.4, -0.2) is 34.4 Å². The first-order valence-electron chi connectivity index (χ1n) is 6.78. The van der Waals surface area contributed by atoms with E-state index in [1.54, 1.807) is 0 Å². The Morgan fingerprint density at radius 2 is 1.84 bits per heavy atom. The number of nitro benzene ring substituents is 1. The lowest BCUT2D eigenvalue weighted by Gasteiger charge is -2.26. The maximum Gasteiger partial charge on any atom is 0.417 e. The van der Waals surface area contributed by atoms with Crippen molar-refractivity contribution in [2.24, 2.45) is 5.50 Å². The molecule has 0 saturated heterocycles. The highest BCUT2D eigenvalue weighted by Crippen LogP contribution is 2.44. The van der Waals surface area contributed by atoms with Crippen LogP contribution in [0.1, 0.15) is 11.1 Å². The van der Waals surface area contributed by atoms with Crippen LogP contribution in [0.5, 0.6) is 0 Å². The van der Waals surface area contributed by atoms with E-state index in [0.717, 1.165) is 16.8 Å². The third kappa shape index (κ3) is 6.40. The quantitative estimate of drug-likeness (QED) is 0.279. The molecule has 1 atom stereocenters. The molecule has 0 aliphatic carbocycles. The van der Waals surface area contributed by atoms with Gasteiger partial charge in [-0.3, -0.25) is 14.7 Å². The molecule has 0 aromatic heterocycles. The van der Waals surface area contributed by atoms with Gasteiger partial charge in [-0.05, 0) is 11.6 Å². The number of non-ortho nitro benzene ring substituents is 1. The van der Waals surface area contributed by atoms with Crippen LogP contribution in [0, 0.1) is 10.1 Å². The van der Waals surface area contributed by atoms with Crippen molar-refractivity contribution < 1.29 is 27.2 Å². The Balaban J connectivity index is 3.06. The number of hydrogen-bond donors (Lipinski definition) is 1. The topological polar surface area (TPSA) is 98.7 Å². The van der Waals surface area contributed by atoms with E-state index in [9.17, 15) is 27.9 Å². The first-order chi connectivity index (χ1) is 11.5. The zero-order chi connectivity index (χ0) is 19.3. The first-order valence-corrected chi connectivity index (χ1v) is 9.49. The van der Waals surface area contributed by atoms with Crippen molar-refractivity contribution in [2.75, 3.05) is 24.8 Å². The smallest absolute Gasteiger partial charge is 0.301 e. The minimum Gasteiger partial charge on any atom is -0.301 e. The fourth-order valence-corrected chi connectivity index (χ4v) is 3.79. The number of benzene rings is 1. The molecule has 0 heterocycles. The minimum atomic E-state index is -4.85. The Hall–Kier alpha value is -0.900. The maximum absolute atomic E-state index is 13.1. The van der Waals surface area contributed by atoms with Gasteiger partial charge < -0.3 is 4.52 Å². The molecule has 0 radical (unpaired) electrons. The number of nitrogens with zero attached hydrogens (tertiary/aromatic N) is 2. The molecular formula is C12H15Cl2F3N3O4P. The van der Waals surface area contributed by atoms with Crippen molar-refractivity contribution in [1.29, 1.82) is 0 Å². The molecule has 2 N–H and O–H groups in total. The summed E-state index contributed by atoms with van der Waals surface area (Å²) in [7, 11) is -3.94. The van der Waals surface area contributed by atoms with Gasteiger partial charge in [0.2, 0.25) is 0 Å². The van der Waals surface area contributed by atoms with Crippen molar-refractivity contribution >= 4 is 36.6 Å². The number of hydrogen-bond acceptors (Lipinski definition) is 4. The van der Waals surface area contributed by atoms with Crippen LogP contribution in [0.25, 0.3) is 0 Å². The fraction of sp³-hybridized carbons (Fsp3) is 0.500. The number of alkyl halides is 5. The summed E-state index contributed by atoms with van der Waals surface area (Å²) in [6.07, 6.45) is -4.85. The predicted molar refractivity (Wildman–Crippen MR) is 87.7 cm³/mol. The van der Waals surface area contributed by atoms with Crippen LogP contribution in [0.3, 0.4) is 0 Å². The van der Waals surface area contributed by atoms with Crippen LogP contribution < -0.4 is 5.50 Å². The molecule has 0 aliphatic rings. The summed E-state index contributed by atoms with van der Waals surface area (Å²) in [4.78, 5) is 9.70. The molecule has 0 fully saturated rings. The fourth-order valence-electron chi connectivity index (χ4n) is 1.90. The molecule has 25 heavy (non-hydrogen) atoms. The van der Waals surface area contributed by atoms with E-state index in [4.69, 9.17) is 33.2 Å².